The molecule has 0 unspecified atom stereocenters. The molecule has 1 saturated heterocycles. The van der Waals surface area contributed by atoms with Crippen LogP contribution in [0.2, 0.25) is 0 Å². The van der Waals surface area contributed by atoms with Gasteiger partial charge in [0.15, 0.2) is 5.69 Å². The maximum absolute atomic E-state index is 14.6. The maximum atomic E-state index is 14.6. The standard InChI is InChI=1S/C25H20F8N4O3S/c1-13-19(27)9-21(37(13)41(39,40)17-5-3-16(26)4-6-17)23(38)36-10-15-8-14(2-7-18(15)24(28,29)30)20-11-35-22(12-34-20)25(31,32)33/h2-8,11-13,19,21H,9-10H2,1H3,(H,36,38)/t13-,19+,21-/m0/s1. The van der Waals surface area contributed by atoms with Crippen LogP contribution in [0.15, 0.2) is 59.8 Å². The van der Waals surface area contributed by atoms with Crippen molar-refractivity contribution in [2.75, 3.05) is 0 Å². The molecule has 0 spiro atoms. The normalized spacial score (nSPS) is 20.3. The van der Waals surface area contributed by atoms with Crippen LogP contribution in [0.3, 0.4) is 0 Å². The minimum atomic E-state index is -4.89. The van der Waals surface area contributed by atoms with Gasteiger partial charge in [0.05, 0.1) is 34.6 Å². The van der Waals surface area contributed by atoms with Crippen molar-refractivity contribution in [3.8, 4) is 11.3 Å². The predicted molar refractivity (Wildman–Crippen MR) is 128 cm³/mol. The van der Waals surface area contributed by atoms with E-state index in [-0.39, 0.29) is 11.3 Å². The van der Waals surface area contributed by atoms with E-state index in [0.717, 1.165) is 42.6 Å². The first-order valence-corrected chi connectivity index (χ1v) is 13.2. The second-order valence-corrected chi connectivity index (χ2v) is 11.0. The van der Waals surface area contributed by atoms with Crippen LogP contribution in [0.5, 0.6) is 0 Å². The monoisotopic (exact) mass is 608 g/mol. The molecule has 16 heteroatoms. The molecule has 1 aliphatic rings. The highest BCUT2D eigenvalue weighted by Gasteiger charge is 2.49. The van der Waals surface area contributed by atoms with Crippen LogP contribution < -0.4 is 5.32 Å². The third-order valence-corrected chi connectivity index (χ3v) is 8.48. The molecule has 2 heterocycles. The van der Waals surface area contributed by atoms with E-state index in [1.165, 1.54) is 6.92 Å². The number of sulfonamides is 1. The molecule has 1 N–H and O–H groups in total. The number of amides is 1. The summed E-state index contributed by atoms with van der Waals surface area (Å²) in [4.78, 5) is 19.5. The van der Waals surface area contributed by atoms with Gasteiger partial charge in [0, 0.05) is 18.5 Å². The van der Waals surface area contributed by atoms with Crippen LogP contribution in [-0.4, -0.2) is 46.9 Å². The van der Waals surface area contributed by atoms with E-state index >= 15 is 0 Å². The summed E-state index contributed by atoms with van der Waals surface area (Å²) in [6, 6.07) is 3.21. The molecule has 0 saturated carbocycles. The van der Waals surface area contributed by atoms with Gasteiger partial charge in [-0.1, -0.05) is 6.07 Å². The Hall–Kier alpha value is -3.66. The smallest absolute Gasteiger partial charge is 0.351 e. The molecule has 1 aromatic heterocycles. The zero-order valence-electron chi connectivity index (χ0n) is 20.8. The highest BCUT2D eigenvalue weighted by atomic mass is 32.2. The molecule has 3 aromatic rings. The van der Waals surface area contributed by atoms with Crippen molar-refractivity contribution in [3.05, 3.63) is 77.5 Å². The average Bonchev–Trinajstić information content (AvgIpc) is 3.21. The van der Waals surface area contributed by atoms with Crippen molar-refractivity contribution >= 4 is 15.9 Å². The fourth-order valence-electron chi connectivity index (χ4n) is 4.39. The molecule has 1 aliphatic heterocycles. The molecule has 0 bridgehead atoms. The lowest BCUT2D eigenvalue weighted by atomic mass is 10.0. The summed E-state index contributed by atoms with van der Waals surface area (Å²) in [5.74, 6) is -1.82. The van der Waals surface area contributed by atoms with E-state index < -0.39 is 87.0 Å². The number of halogens is 8. The molecule has 0 radical (unpaired) electrons. The average molecular weight is 609 g/mol. The molecule has 4 rings (SSSR count). The van der Waals surface area contributed by atoms with E-state index in [2.05, 4.69) is 15.3 Å². The van der Waals surface area contributed by atoms with E-state index in [4.69, 9.17) is 0 Å². The SMILES string of the molecule is C[C@H]1[C@H](F)C[C@@H](C(=O)NCc2cc(-c3cnc(C(F)(F)F)cn3)ccc2C(F)(F)F)N1S(=O)(=O)c1ccc(F)cc1. The van der Waals surface area contributed by atoms with Gasteiger partial charge in [-0.05, 0) is 48.9 Å². The van der Waals surface area contributed by atoms with Gasteiger partial charge < -0.3 is 5.32 Å². The second-order valence-electron chi connectivity index (χ2n) is 9.17. The van der Waals surface area contributed by atoms with Crippen molar-refractivity contribution in [1.82, 2.24) is 19.6 Å². The topological polar surface area (TPSA) is 92.3 Å². The molecular formula is C25H20F8N4O3S. The quantitative estimate of drug-likeness (QED) is 0.392. The van der Waals surface area contributed by atoms with Crippen molar-refractivity contribution in [1.29, 1.82) is 0 Å². The molecule has 3 atom stereocenters. The van der Waals surface area contributed by atoms with Gasteiger partial charge in [-0.3, -0.25) is 9.78 Å². The summed E-state index contributed by atoms with van der Waals surface area (Å²) in [5.41, 5.74) is -3.22. The minimum Gasteiger partial charge on any atom is -0.351 e. The zero-order valence-corrected chi connectivity index (χ0v) is 21.7. The van der Waals surface area contributed by atoms with Crippen molar-refractivity contribution in [2.45, 2.75) is 55.4 Å². The van der Waals surface area contributed by atoms with E-state index in [0.29, 0.717) is 16.6 Å². The Labute approximate surface area is 228 Å². The third kappa shape index (κ3) is 6.32. The van der Waals surface area contributed by atoms with Crippen LogP contribution in [0.4, 0.5) is 35.1 Å². The van der Waals surface area contributed by atoms with Crippen LogP contribution in [0, 0.1) is 5.82 Å². The summed E-state index contributed by atoms with van der Waals surface area (Å²) < 4.78 is 134. The molecule has 41 heavy (non-hydrogen) atoms. The Morgan fingerprint density at radius 1 is 1.00 bits per heavy atom. The molecule has 7 nitrogen and oxygen atoms in total. The van der Waals surface area contributed by atoms with Crippen LogP contribution in [0.25, 0.3) is 11.3 Å². The Bertz CT molecular complexity index is 1530. The number of alkyl halides is 7. The number of carbonyl (C=O) groups is 1. The van der Waals surface area contributed by atoms with Crippen LogP contribution in [-0.2, 0) is 33.7 Å². The number of hydrogen-bond acceptors (Lipinski definition) is 5. The maximum Gasteiger partial charge on any atom is 0.434 e. The van der Waals surface area contributed by atoms with Gasteiger partial charge in [0.1, 0.15) is 18.0 Å². The second kappa shape index (κ2) is 11.0. The van der Waals surface area contributed by atoms with Crippen molar-refractivity contribution in [3.63, 3.8) is 0 Å². The summed E-state index contributed by atoms with van der Waals surface area (Å²) in [6.45, 7) is 0.428. The highest BCUT2D eigenvalue weighted by molar-refractivity contribution is 7.89. The minimum absolute atomic E-state index is 0.0395. The zero-order chi connectivity index (χ0) is 30.3. The molecule has 0 aliphatic carbocycles. The first-order chi connectivity index (χ1) is 19.0. The summed E-state index contributed by atoms with van der Waals surface area (Å²) in [7, 11) is -4.51. The number of nitrogens with zero attached hydrogens (tertiary/aromatic N) is 3. The van der Waals surface area contributed by atoms with Crippen molar-refractivity contribution < 1.29 is 48.3 Å². The molecule has 1 fully saturated rings. The van der Waals surface area contributed by atoms with E-state index in [1.54, 1.807) is 0 Å². The number of benzene rings is 2. The Morgan fingerprint density at radius 3 is 2.22 bits per heavy atom. The lowest BCUT2D eigenvalue weighted by Gasteiger charge is -2.27. The number of hydrogen-bond donors (Lipinski definition) is 1. The fraction of sp³-hybridized carbons (Fsp3) is 0.320. The lowest BCUT2D eigenvalue weighted by Crippen LogP contribution is -2.48. The lowest BCUT2D eigenvalue weighted by molar-refractivity contribution is -0.141. The third-order valence-electron chi connectivity index (χ3n) is 6.47. The fourth-order valence-corrected chi connectivity index (χ4v) is 6.20. The van der Waals surface area contributed by atoms with Gasteiger partial charge in [-0.15, -0.1) is 0 Å². The van der Waals surface area contributed by atoms with Gasteiger partial charge in [-0.25, -0.2) is 22.2 Å². The van der Waals surface area contributed by atoms with Gasteiger partial charge in [0.2, 0.25) is 15.9 Å². The highest BCUT2D eigenvalue weighted by Crippen LogP contribution is 2.36. The Kier molecular flexibility index (Phi) is 8.10. The van der Waals surface area contributed by atoms with Crippen molar-refractivity contribution in [2.24, 2.45) is 0 Å². The summed E-state index contributed by atoms with van der Waals surface area (Å²) in [5, 5.41) is 2.21. The summed E-state index contributed by atoms with van der Waals surface area (Å²) >= 11 is 0. The van der Waals surface area contributed by atoms with Gasteiger partial charge in [-0.2, -0.15) is 30.6 Å². The summed E-state index contributed by atoms with van der Waals surface area (Å²) in [6.07, 6.45) is -10.9. The predicted octanol–water partition coefficient (Wildman–Crippen LogP) is 5.13. The number of aromatic nitrogens is 2. The number of rotatable bonds is 6. The van der Waals surface area contributed by atoms with E-state index in [1.807, 2.05) is 0 Å². The first kappa shape index (κ1) is 30.3. The number of carbonyl (C=O) groups excluding carboxylic acids is 1. The molecular weight excluding hydrogens is 588 g/mol. The largest absolute Gasteiger partial charge is 0.434 e. The van der Waals surface area contributed by atoms with Gasteiger partial charge >= 0.3 is 12.4 Å². The molecule has 2 aromatic carbocycles. The van der Waals surface area contributed by atoms with Crippen LogP contribution in [0.1, 0.15) is 30.2 Å². The Balaban J connectivity index is 1.61. The van der Waals surface area contributed by atoms with E-state index in [9.17, 15) is 48.3 Å². The Morgan fingerprint density at radius 2 is 1.66 bits per heavy atom. The van der Waals surface area contributed by atoms with Crippen LogP contribution >= 0.6 is 0 Å². The first-order valence-electron chi connectivity index (χ1n) is 11.8. The molecule has 1 amide bonds. The number of nitrogens with one attached hydrogen (secondary N) is 1. The van der Waals surface area contributed by atoms with Gasteiger partial charge in [0.25, 0.3) is 0 Å². The molecule has 220 valence electrons.